The Bertz CT molecular complexity index is 2090. The number of hydrogen-bond acceptors (Lipinski definition) is 8. The number of aliphatic hydroxyl groups excluding tert-OH is 1. The molecule has 2 aliphatic heterocycles. The highest BCUT2D eigenvalue weighted by molar-refractivity contribution is 6.32. The van der Waals surface area contributed by atoms with Crippen LogP contribution in [-0.2, 0) is 31.2 Å². The van der Waals surface area contributed by atoms with Gasteiger partial charge in [0.05, 0.1) is 40.0 Å². The van der Waals surface area contributed by atoms with Crippen LogP contribution in [0, 0.1) is 33.8 Å². The number of imide groups is 2. The first-order chi connectivity index (χ1) is 23.7. The average Bonchev–Trinajstić information content (AvgIpc) is 3.75. The maximum Gasteiger partial charge on any atom is 0.269 e. The van der Waals surface area contributed by atoms with E-state index in [0.717, 1.165) is 4.90 Å². The summed E-state index contributed by atoms with van der Waals surface area (Å²) in [6.45, 7) is -0.389. The minimum atomic E-state index is -1.50. The highest BCUT2D eigenvalue weighted by atomic mass is 35.5. The number of rotatable bonds is 6. The molecule has 49 heavy (non-hydrogen) atoms. The fourth-order valence-corrected chi connectivity index (χ4v) is 8.85. The van der Waals surface area contributed by atoms with E-state index in [9.17, 15) is 29.6 Å². The van der Waals surface area contributed by atoms with Crippen molar-refractivity contribution in [2.24, 2.45) is 23.7 Å². The van der Waals surface area contributed by atoms with E-state index in [1.165, 1.54) is 29.2 Å². The van der Waals surface area contributed by atoms with Crippen LogP contribution in [0.5, 0.6) is 0 Å². The molecule has 3 fully saturated rings. The number of hydrogen-bond donors (Lipinski definition) is 1. The number of halogens is 1. The van der Waals surface area contributed by atoms with Crippen molar-refractivity contribution in [1.29, 1.82) is 0 Å². The fourth-order valence-electron chi connectivity index (χ4n) is 8.66. The third-order valence-corrected chi connectivity index (χ3v) is 10.8. The van der Waals surface area contributed by atoms with Gasteiger partial charge < -0.3 is 9.52 Å². The normalized spacial score (nSPS) is 27.6. The number of fused-ring (bicyclic) bond motifs is 4. The summed E-state index contributed by atoms with van der Waals surface area (Å²) in [4.78, 5) is 71.0. The summed E-state index contributed by atoms with van der Waals surface area (Å²) >= 11 is 6.34. The number of nitro benzene ring substituents is 1. The Kier molecular flexibility index (Phi) is 7.16. The predicted octanol–water partition coefficient (Wildman–Crippen LogP) is 5.70. The molecule has 2 saturated heterocycles. The van der Waals surface area contributed by atoms with E-state index < -0.39 is 63.6 Å². The lowest BCUT2D eigenvalue weighted by atomic mass is 9.50. The van der Waals surface area contributed by atoms with E-state index in [0.29, 0.717) is 27.6 Å². The summed E-state index contributed by atoms with van der Waals surface area (Å²) in [6, 6.07) is 24.1. The van der Waals surface area contributed by atoms with Gasteiger partial charge in [-0.2, -0.15) is 0 Å². The van der Waals surface area contributed by atoms with Gasteiger partial charge in [0.1, 0.15) is 23.5 Å². The van der Waals surface area contributed by atoms with E-state index in [2.05, 4.69) is 0 Å². The molecule has 3 aromatic carbocycles. The Labute approximate surface area is 284 Å². The zero-order valence-corrected chi connectivity index (χ0v) is 26.5. The van der Waals surface area contributed by atoms with E-state index in [4.69, 9.17) is 16.0 Å². The maximum absolute atomic E-state index is 15.1. The number of allylic oxidation sites excluding steroid dienone is 2. The van der Waals surface area contributed by atoms with Gasteiger partial charge in [0.25, 0.3) is 5.69 Å². The molecule has 1 aromatic heterocycles. The second-order valence-electron chi connectivity index (χ2n) is 12.8. The Morgan fingerprint density at radius 1 is 0.857 bits per heavy atom. The maximum atomic E-state index is 15.1. The molecule has 11 nitrogen and oxygen atoms in total. The van der Waals surface area contributed by atoms with Gasteiger partial charge in [0, 0.05) is 17.2 Å². The molecule has 4 amide bonds. The number of furan rings is 1. The number of non-ortho nitro benzene ring substituents is 1. The van der Waals surface area contributed by atoms with Gasteiger partial charge >= 0.3 is 0 Å². The van der Waals surface area contributed by atoms with Crippen LogP contribution in [0.25, 0.3) is 0 Å². The highest BCUT2D eigenvalue weighted by Crippen LogP contribution is 2.64. The summed E-state index contributed by atoms with van der Waals surface area (Å²) in [7, 11) is 0. The molecule has 1 N–H and O–H groups in total. The molecular formula is C37H28ClN3O8. The number of anilines is 2. The molecule has 4 aliphatic rings. The number of amides is 4. The molecule has 3 heterocycles. The molecule has 4 aromatic rings. The van der Waals surface area contributed by atoms with Crippen LogP contribution in [0.1, 0.15) is 35.8 Å². The number of nitro groups is 1. The van der Waals surface area contributed by atoms with Crippen molar-refractivity contribution in [1.82, 2.24) is 0 Å². The van der Waals surface area contributed by atoms with E-state index in [1.54, 1.807) is 48.5 Å². The van der Waals surface area contributed by atoms with Crippen molar-refractivity contribution in [3.05, 3.63) is 135 Å². The van der Waals surface area contributed by atoms with E-state index in [-0.39, 0.29) is 36.6 Å². The van der Waals surface area contributed by atoms with Crippen LogP contribution in [0.15, 0.2) is 107 Å². The van der Waals surface area contributed by atoms with Gasteiger partial charge in [0.15, 0.2) is 0 Å². The lowest BCUT2D eigenvalue weighted by Crippen LogP contribution is -2.53. The quantitative estimate of drug-likeness (QED) is 0.118. The summed E-state index contributed by atoms with van der Waals surface area (Å²) < 4.78 is 6.19. The monoisotopic (exact) mass is 677 g/mol. The Balaban J connectivity index is 1.31. The molecule has 1 saturated carbocycles. The van der Waals surface area contributed by atoms with Crippen molar-refractivity contribution in [3.8, 4) is 0 Å². The Morgan fingerprint density at radius 3 is 2.29 bits per heavy atom. The summed E-state index contributed by atoms with van der Waals surface area (Å²) in [5.41, 5.74) is 0.169. The molecule has 6 atom stereocenters. The van der Waals surface area contributed by atoms with Crippen molar-refractivity contribution >= 4 is 52.3 Å². The molecule has 0 bridgehead atoms. The first kappa shape index (κ1) is 30.9. The lowest BCUT2D eigenvalue weighted by molar-refractivity contribution is -0.384. The minimum Gasteiger partial charge on any atom is -0.463 e. The highest BCUT2D eigenvalue weighted by Gasteiger charge is 2.71. The van der Waals surface area contributed by atoms with E-state index in [1.807, 2.05) is 24.3 Å². The largest absolute Gasteiger partial charge is 0.463 e. The van der Waals surface area contributed by atoms with Crippen molar-refractivity contribution < 1.29 is 33.6 Å². The molecule has 6 unspecified atom stereocenters. The number of carbonyl (C=O) groups is 4. The number of carbonyl (C=O) groups excluding carboxylic acids is 4. The second kappa shape index (κ2) is 11.4. The Morgan fingerprint density at radius 2 is 1.61 bits per heavy atom. The zero-order valence-electron chi connectivity index (χ0n) is 25.8. The molecule has 0 spiro atoms. The van der Waals surface area contributed by atoms with Crippen molar-refractivity contribution in [3.63, 3.8) is 0 Å². The minimum absolute atomic E-state index is 0.0979. The zero-order chi connectivity index (χ0) is 34.2. The molecule has 2 aliphatic carbocycles. The van der Waals surface area contributed by atoms with Crippen LogP contribution in [0.3, 0.4) is 0 Å². The second-order valence-corrected chi connectivity index (χ2v) is 13.3. The predicted molar refractivity (Wildman–Crippen MR) is 176 cm³/mol. The SMILES string of the molecule is O=C1C2CC=C3C(CC4C(=O)N(c5cccc(Cl)c5)C(=O)C4(c4ccccc4)C3c3ccc(CO)o3)C2C(=O)N1c1ccc([N+](=O)[O-])cc1. The Hall–Kier alpha value is -5.39. The third-order valence-electron chi connectivity index (χ3n) is 10.6. The van der Waals surface area contributed by atoms with Crippen molar-refractivity contribution in [2.75, 3.05) is 9.80 Å². The van der Waals surface area contributed by atoms with Gasteiger partial charge in [-0.3, -0.25) is 34.2 Å². The molecule has 246 valence electrons. The average molecular weight is 678 g/mol. The number of aliphatic hydroxyl groups is 1. The topological polar surface area (TPSA) is 151 Å². The van der Waals surface area contributed by atoms with Gasteiger partial charge in [-0.25, -0.2) is 4.90 Å². The third kappa shape index (κ3) is 4.38. The van der Waals surface area contributed by atoms with E-state index >= 15 is 4.79 Å². The number of nitrogens with zero attached hydrogens (tertiary/aromatic N) is 3. The number of benzene rings is 3. The first-order valence-electron chi connectivity index (χ1n) is 15.9. The standard InChI is InChI=1S/C37H28ClN3O8/c38-21-7-4-8-24(17-21)40-34(44)29-18-28-26(14-15-27-31(28)35(45)39(33(27)43)22-9-11-23(12-10-22)41(47)48)32(30-16-13-25(19-42)49-30)37(29,36(40)46)20-5-2-1-3-6-20/h1-14,16-17,27-29,31-32,42H,15,18-19H2. The molecular weight excluding hydrogens is 650 g/mol. The van der Waals surface area contributed by atoms with Crippen molar-refractivity contribution in [2.45, 2.75) is 30.8 Å². The van der Waals surface area contributed by atoms with Gasteiger partial charge in [0.2, 0.25) is 23.6 Å². The first-order valence-corrected chi connectivity index (χ1v) is 16.3. The van der Waals surface area contributed by atoms with Crippen LogP contribution < -0.4 is 9.80 Å². The molecule has 8 rings (SSSR count). The van der Waals surface area contributed by atoms with Crippen LogP contribution >= 0.6 is 11.6 Å². The molecule has 12 heteroatoms. The molecule has 0 radical (unpaired) electrons. The lowest BCUT2D eigenvalue weighted by Gasteiger charge is -2.49. The summed E-state index contributed by atoms with van der Waals surface area (Å²) in [5.74, 6) is -5.24. The van der Waals surface area contributed by atoms with Crippen LogP contribution in [-0.4, -0.2) is 33.7 Å². The van der Waals surface area contributed by atoms with Gasteiger partial charge in [-0.1, -0.05) is 59.6 Å². The van der Waals surface area contributed by atoms with Gasteiger partial charge in [-0.15, -0.1) is 0 Å². The van der Waals surface area contributed by atoms with Crippen LogP contribution in [0.2, 0.25) is 5.02 Å². The van der Waals surface area contributed by atoms with Crippen LogP contribution in [0.4, 0.5) is 17.1 Å². The fraction of sp³-hybridized carbons (Fsp3) is 0.243. The van der Waals surface area contributed by atoms with Gasteiger partial charge in [-0.05, 0) is 66.8 Å². The summed E-state index contributed by atoms with van der Waals surface area (Å²) in [5, 5.41) is 21.6. The smallest absolute Gasteiger partial charge is 0.269 e. The summed E-state index contributed by atoms with van der Waals surface area (Å²) in [6.07, 6.45) is 2.20.